The fourth-order valence-electron chi connectivity index (χ4n) is 10.6. The summed E-state index contributed by atoms with van der Waals surface area (Å²) in [6.07, 6.45) is 8.22. The van der Waals surface area contributed by atoms with Crippen molar-refractivity contribution in [2.75, 3.05) is 6.61 Å². The van der Waals surface area contributed by atoms with Crippen LogP contribution in [0.25, 0.3) is 0 Å². The van der Waals surface area contributed by atoms with Crippen molar-refractivity contribution < 1.29 is 24.9 Å². The Morgan fingerprint density at radius 1 is 1.00 bits per heavy atom. The first-order chi connectivity index (χ1) is 16.1. The van der Waals surface area contributed by atoms with Crippen molar-refractivity contribution in [3.63, 3.8) is 0 Å². The molecule has 4 aliphatic carbocycles. The lowest BCUT2D eigenvalue weighted by Crippen LogP contribution is -2.66. The van der Waals surface area contributed by atoms with Crippen molar-refractivity contribution in [1.82, 2.24) is 0 Å². The van der Waals surface area contributed by atoms with Gasteiger partial charge >= 0.3 is 5.97 Å². The zero-order valence-electron chi connectivity index (χ0n) is 23.0. The maximum atomic E-state index is 12.9. The Morgan fingerprint density at radius 2 is 1.69 bits per heavy atom. The second-order valence-corrected chi connectivity index (χ2v) is 14.8. The van der Waals surface area contributed by atoms with Crippen LogP contribution in [0, 0.1) is 50.7 Å². The lowest BCUT2D eigenvalue weighted by molar-refractivity contribution is -0.204. The van der Waals surface area contributed by atoms with Gasteiger partial charge in [0.1, 0.15) is 0 Å². The van der Waals surface area contributed by atoms with E-state index in [4.69, 9.17) is 4.74 Å². The molecule has 35 heavy (non-hydrogen) atoms. The molecule has 1 aliphatic heterocycles. The highest BCUT2D eigenvalue weighted by Gasteiger charge is 2.71. The lowest BCUT2D eigenvalue weighted by Gasteiger charge is -2.70. The SMILES string of the molecule is C[C@@H]1CC[C@]2(C(=O)O)CC[C@]3(C)C(=CC[C@@H]4[C@@]5(C)C[C@@H](O)OCC(C)(C)[C@@H]5CC[C@]43C)[C@@H]2[C@]1(C)O. The molecule has 0 amide bonds. The number of allylic oxidation sites excluding steroid dienone is 1. The van der Waals surface area contributed by atoms with Crippen molar-refractivity contribution in [1.29, 1.82) is 0 Å². The van der Waals surface area contributed by atoms with E-state index in [-0.39, 0.29) is 33.5 Å². The van der Waals surface area contributed by atoms with Gasteiger partial charge < -0.3 is 20.1 Å². The number of aliphatic hydroxyl groups is 2. The van der Waals surface area contributed by atoms with Crippen LogP contribution in [0.1, 0.15) is 99.8 Å². The van der Waals surface area contributed by atoms with Crippen LogP contribution in [0.4, 0.5) is 0 Å². The summed E-state index contributed by atoms with van der Waals surface area (Å²) < 4.78 is 5.91. The van der Waals surface area contributed by atoms with Crippen molar-refractivity contribution in [2.24, 2.45) is 50.7 Å². The number of carboxylic acid groups (broad SMARTS) is 1. The molecule has 1 heterocycles. The van der Waals surface area contributed by atoms with Gasteiger partial charge in [-0.1, -0.05) is 53.2 Å². The second kappa shape index (κ2) is 7.57. The Labute approximate surface area is 211 Å². The minimum absolute atomic E-state index is 0.00798. The summed E-state index contributed by atoms with van der Waals surface area (Å²) in [6, 6.07) is 0. The van der Waals surface area contributed by atoms with E-state index in [0.717, 1.165) is 32.1 Å². The minimum atomic E-state index is -1.04. The van der Waals surface area contributed by atoms with E-state index >= 15 is 0 Å². The van der Waals surface area contributed by atoms with Crippen molar-refractivity contribution in [3.8, 4) is 0 Å². The number of aliphatic hydroxyl groups excluding tert-OH is 1. The highest BCUT2D eigenvalue weighted by atomic mass is 16.6. The lowest BCUT2D eigenvalue weighted by atomic mass is 9.34. The van der Waals surface area contributed by atoms with Crippen LogP contribution in [0.2, 0.25) is 0 Å². The second-order valence-electron chi connectivity index (χ2n) is 14.8. The Morgan fingerprint density at radius 3 is 2.34 bits per heavy atom. The summed E-state index contributed by atoms with van der Waals surface area (Å²) in [5, 5.41) is 33.3. The third-order valence-electron chi connectivity index (χ3n) is 13.0. The first-order valence-corrected chi connectivity index (χ1v) is 14.0. The molecule has 198 valence electrons. The Kier molecular flexibility index (Phi) is 5.56. The van der Waals surface area contributed by atoms with Crippen molar-refractivity contribution >= 4 is 5.97 Å². The third kappa shape index (κ3) is 3.13. The van der Waals surface area contributed by atoms with Gasteiger partial charge in [-0.15, -0.1) is 0 Å². The molecular formula is C30H48O5. The number of ether oxygens (including phenoxy) is 1. The average molecular weight is 489 g/mol. The van der Waals surface area contributed by atoms with Crippen molar-refractivity contribution in [2.45, 2.75) is 112 Å². The standard InChI is InChI=1S/C30H48O5/c1-18-10-13-30(24(32)33)15-14-27(5)19(23(30)29(18,7)34)8-9-21-26(4)16-22(31)35-17-25(2,3)20(26)11-12-28(21,27)6/h8,18,20-23,31,34H,9-17H2,1-7H3,(H,32,33)/t18-,20+,21-,22+,23-,26+,27-,28-,29-,30+/m1/s1. The molecule has 4 fully saturated rings. The van der Waals surface area contributed by atoms with Crippen LogP contribution in [-0.4, -0.2) is 39.8 Å². The Bertz CT molecular complexity index is 937. The summed E-state index contributed by atoms with van der Waals surface area (Å²) >= 11 is 0. The molecule has 0 unspecified atom stereocenters. The van der Waals surface area contributed by atoms with Gasteiger partial charge in [-0.25, -0.2) is 0 Å². The predicted molar refractivity (Wildman–Crippen MR) is 135 cm³/mol. The molecule has 0 aromatic carbocycles. The molecule has 0 radical (unpaired) electrons. The summed E-state index contributed by atoms with van der Waals surface area (Å²) in [7, 11) is 0. The molecule has 0 aromatic heterocycles. The van der Waals surface area contributed by atoms with Gasteiger partial charge in [0.2, 0.25) is 0 Å². The molecule has 3 N–H and O–H groups in total. The number of fused-ring (bicyclic) bond motifs is 7. The molecule has 5 aliphatic rings. The molecule has 5 nitrogen and oxygen atoms in total. The molecule has 0 aromatic rings. The average Bonchev–Trinajstić information content (AvgIpc) is 2.84. The fraction of sp³-hybridized carbons (Fsp3) is 0.900. The molecule has 0 spiro atoms. The highest BCUT2D eigenvalue weighted by molar-refractivity contribution is 5.77. The number of aliphatic carboxylic acids is 1. The minimum Gasteiger partial charge on any atom is -0.481 e. The number of carbonyl (C=O) groups is 1. The van der Waals surface area contributed by atoms with E-state index in [1.807, 2.05) is 6.92 Å². The summed E-state index contributed by atoms with van der Waals surface area (Å²) in [4.78, 5) is 12.9. The van der Waals surface area contributed by atoms with E-state index < -0.39 is 23.3 Å². The number of hydrogen-bond acceptors (Lipinski definition) is 4. The highest BCUT2D eigenvalue weighted by Crippen LogP contribution is 2.75. The molecule has 1 saturated heterocycles. The van der Waals surface area contributed by atoms with Gasteiger partial charge in [0.05, 0.1) is 17.6 Å². The van der Waals surface area contributed by atoms with Gasteiger partial charge in [-0.05, 0) is 91.3 Å². The van der Waals surface area contributed by atoms with Gasteiger partial charge in [0.25, 0.3) is 0 Å². The van der Waals surface area contributed by atoms with Crippen LogP contribution in [-0.2, 0) is 9.53 Å². The van der Waals surface area contributed by atoms with Gasteiger partial charge in [0.15, 0.2) is 6.29 Å². The van der Waals surface area contributed by atoms with Crippen molar-refractivity contribution in [3.05, 3.63) is 11.6 Å². The van der Waals surface area contributed by atoms with Crippen LogP contribution in [0.3, 0.4) is 0 Å². The largest absolute Gasteiger partial charge is 0.481 e. The number of rotatable bonds is 1. The maximum absolute atomic E-state index is 12.9. The summed E-state index contributed by atoms with van der Waals surface area (Å²) in [6.45, 7) is 16.4. The van der Waals surface area contributed by atoms with Gasteiger partial charge in [-0.2, -0.15) is 0 Å². The molecule has 10 atom stereocenters. The molecule has 0 bridgehead atoms. The Balaban J connectivity index is 1.65. The maximum Gasteiger partial charge on any atom is 0.310 e. The monoisotopic (exact) mass is 488 g/mol. The fourth-order valence-corrected chi connectivity index (χ4v) is 10.6. The zero-order chi connectivity index (χ0) is 25.8. The topological polar surface area (TPSA) is 87.0 Å². The van der Waals surface area contributed by atoms with E-state index in [2.05, 4.69) is 47.6 Å². The van der Waals surface area contributed by atoms with E-state index in [1.54, 1.807) is 0 Å². The number of carboxylic acids is 1. The first-order valence-electron chi connectivity index (χ1n) is 14.0. The smallest absolute Gasteiger partial charge is 0.310 e. The quantitative estimate of drug-likeness (QED) is 0.407. The van der Waals surface area contributed by atoms with Crippen LogP contribution < -0.4 is 0 Å². The number of hydrogen-bond donors (Lipinski definition) is 3. The van der Waals surface area contributed by atoms with Gasteiger partial charge in [-0.3, -0.25) is 4.79 Å². The summed E-state index contributed by atoms with van der Waals surface area (Å²) in [5.41, 5.74) is -0.968. The summed E-state index contributed by atoms with van der Waals surface area (Å²) in [5.74, 6) is -0.175. The third-order valence-corrected chi connectivity index (χ3v) is 13.0. The van der Waals surface area contributed by atoms with Gasteiger partial charge in [0, 0.05) is 12.3 Å². The molecule has 5 heteroatoms. The van der Waals surface area contributed by atoms with E-state index in [0.29, 0.717) is 37.7 Å². The van der Waals surface area contributed by atoms with Crippen LogP contribution in [0.15, 0.2) is 11.6 Å². The first kappa shape index (κ1) is 25.7. The molecule has 5 rings (SSSR count). The molecule has 3 saturated carbocycles. The molecular weight excluding hydrogens is 440 g/mol. The van der Waals surface area contributed by atoms with Crippen LogP contribution in [0.5, 0.6) is 0 Å². The predicted octanol–water partition coefficient (Wildman–Crippen LogP) is 5.79. The van der Waals surface area contributed by atoms with Crippen LogP contribution >= 0.6 is 0 Å². The van der Waals surface area contributed by atoms with E-state index in [1.165, 1.54) is 5.57 Å². The normalized spacial score (nSPS) is 55.3. The zero-order valence-corrected chi connectivity index (χ0v) is 23.0. The Hall–Kier alpha value is -0.910. The van der Waals surface area contributed by atoms with E-state index in [9.17, 15) is 20.1 Å².